The maximum atomic E-state index is 12.9. The Balaban J connectivity index is 1.34. The van der Waals surface area contributed by atoms with E-state index < -0.39 is 0 Å². The van der Waals surface area contributed by atoms with Gasteiger partial charge in [-0.25, -0.2) is 4.98 Å². The van der Waals surface area contributed by atoms with Crippen molar-refractivity contribution in [2.45, 2.75) is 51.3 Å². The van der Waals surface area contributed by atoms with Gasteiger partial charge in [0.1, 0.15) is 23.1 Å². The maximum absolute atomic E-state index is 12.9. The van der Waals surface area contributed by atoms with Crippen molar-refractivity contribution in [1.29, 1.82) is 0 Å². The van der Waals surface area contributed by atoms with Gasteiger partial charge in [-0.05, 0) is 50.1 Å². The Hall–Kier alpha value is -2.61. The van der Waals surface area contributed by atoms with Crippen molar-refractivity contribution in [3.63, 3.8) is 0 Å². The van der Waals surface area contributed by atoms with Crippen molar-refractivity contribution in [2.24, 2.45) is 0 Å². The van der Waals surface area contributed by atoms with E-state index in [1.807, 2.05) is 31.2 Å². The molecule has 1 heterocycles. The monoisotopic (exact) mass is 517 g/mol. The quantitative estimate of drug-likeness (QED) is 0.414. The number of amides is 2. The van der Waals surface area contributed by atoms with Gasteiger partial charge in [0.15, 0.2) is 0 Å². The van der Waals surface area contributed by atoms with Crippen LogP contribution in [0, 0.1) is 6.92 Å². The maximum Gasteiger partial charge on any atom is 0.271 e. The van der Waals surface area contributed by atoms with Crippen LogP contribution in [0.3, 0.4) is 0 Å². The van der Waals surface area contributed by atoms with Crippen LogP contribution in [0.25, 0.3) is 0 Å². The van der Waals surface area contributed by atoms with Gasteiger partial charge < -0.3 is 15.4 Å². The number of thiazole rings is 1. The molecule has 0 aliphatic heterocycles. The number of aryl methyl sites for hydroxylation is 1. The highest BCUT2D eigenvalue weighted by molar-refractivity contribution is 7.09. The van der Waals surface area contributed by atoms with Crippen molar-refractivity contribution in [3.05, 3.63) is 79.7 Å². The normalized spacial score (nSPS) is 17.7. The van der Waals surface area contributed by atoms with E-state index in [1.165, 1.54) is 11.3 Å². The smallest absolute Gasteiger partial charge is 0.271 e. The minimum Gasteiger partial charge on any atom is -0.486 e. The molecule has 3 aromatic rings. The molecule has 0 unspecified atom stereocenters. The Morgan fingerprint density at radius 3 is 2.35 bits per heavy atom. The summed E-state index contributed by atoms with van der Waals surface area (Å²) < 4.78 is 5.76. The second kappa shape index (κ2) is 11.2. The molecule has 178 valence electrons. The molecule has 1 fully saturated rings. The van der Waals surface area contributed by atoms with Gasteiger partial charge in [0, 0.05) is 23.0 Å². The number of halogens is 2. The van der Waals surface area contributed by atoms with Gasteiger partial charge in [-0.15, -0.1) is 11.3 Å². The molecule has 9 heteroatoms. The van der Waals surface area contributed by atoms with E-state index in [0.29, 0.717) is 27.9 Å². The summed E-state index contributed by atoms with van der Waals surface area (Å²) in [6.07, 6.45) is 3.53. The molecule has 0 saturated heterocycles. The molecule has 0 bridgehead atoms. The lowest BCUT2D eigenvalue weighted by Crippen LogP contribution is -2.53. The van der Waals surface area contributed by atoms with Gasteiger partial charge in [-0.2, -0.15) is 0 Å². The van der Waals surface area contributed by atoms with Gasteiger partial charge in [0.2, 0.25) is 0 Å². The lowest BCUT2D eigenvalue weighted by atomic mass is 9.90. The molecule has 34 heavy (non-hydrogen) atoms. The van der Waals surface area contributed by atoms with Crippen molar-refractivity contribution >= 4 is 46.4 Å². The fraction of sp³-hybridized carbons (Fsp3) is 0.320. The van der Waals surface area contributed by atoms with Gasteiger partial charge in [-0.1, -0.05) is 53.7 Å². The minimum absolute atomic E-state index is 0.178. The highest BCUT2D eigenvalue weighted by atomic mass is 35.5. The molecular formula is C25H25Cl2N3O3S. The van der Waals surface area contributed by atoms with Crippen LogP contribution in [-0.2, 0) is 6.61 Å². The summed E-state index contributed by atoms with van der Waals surface area (Å²) in [5, 5.41) is 9.28. The van der Waals surface area contributed by atoms with Crippen molar-refractivity contribution in [3.8, 4) is 5.75 Å². The van der Waals surface area contributed by atoms with E-state index in [2.05, 4.69) is 15.6 Å². The van der Waals surface area contributed by atoms with E-state index in [-0.39, 0.29) is 23.9 Å². The Morgan fingerprint density at radius 1 is 1.00 bits per heavy atom. The Labute approximate surface area is 212 Å². The average molecular weight is 518 g/mol. The first kappa shape index (κ1) is 24.5. The van der Waals surface area contributed by atoms with Crippen LogP contribution in [0.15, 0.2) is 47.8 Å². The first-order chi connectivity index (χ1) is 16.4. The second-order valence-electron chi connectivity index (χ2n) is 8.30. The summed E-state index contributed by atoms with van der Waals surface area (Å²) in [6.45, 7) is 2.32. The zero-order valence-electron chi connectivity index (χ0n) is 18.6. The molecule has 2 amide bonds. The summed E-state index contributed by atoms with van der Waals surface area (Å²) in [5.74, 6) is 0.266. The number of carbonyl (C=O) groups is 2. The lowest BCUT2D eigenvalue weighted by Gasteiger charge is -2.32. The van der Waals surface area contributed by atoms with Gasteiger partial charge in [0.25, 0.3) is 11.8 Å². The van der Waals surface area contributed by atoms with Gasteiger partial charge >= 0.3 is 0 Å². The van der Waals surface area contributed by atoms with Gasteiger partial charge in [0.05, 0.1) is 10.0 Å². The largest absolute Gasteiger partial charge is 0.486 e. The topological polar surface area (TPSA) is 80.3 Å². The molecule has 1 saturated carbocycles. The molecule has 1 aromatic heterocycles. The first-order valence-electron chi connectivity index (χ1n) is 11.1. The van der Waals surface area contributed by atoms with Crippen LogP contribution < -0.4 is 15.4 Å². The molecule has 4 rings (SSSR count). The predicted molar refractivity (Wildman–Crippen MR) is 135 cm³/mol. The summed E-state index contributed by atoms with van der Waals surface area (Å²) in [6, 6.07) is 12.2. The summed E-state index contributed by atoms with van der Waals surface area (Å²) in [7, 11) is 0. The molecule has 2 aromatic carbocycles. The van der Waals surface area contributed by atoms with Crippen molar-refractivity contribution in [1.82, 2.24) is 15.6 Å². The third kappa shape index (κ3) is 6.29. The number of carbonyl (C=O) groups excluding carboxylic acids is 2. The standard InChI is InChI=1S/C25H25Cl2N3O3S/c1-15-6-9-17(10-7-15)33-13-23-28-22(14-34-23)25(32)30-21-5-3-2-4-20(21)29-24(31)16-8-11-18(26)19(27)12-16/h6-12,14,20-21H,2-5,13H2,1H3,(H,29,31)(H,30,32)/t20-,21+/m1/s1. The third-order valence-electron chi connectivity index (χ3n) is 5.75. The van der Waals surface area contributed by atoms with Crippen LogP contribution >= 0.6 is 34.5 Å². The average Bonchev–Trinajstić information content (AvgIpc) is 3.31. The van der Waals surface area contributed by atoms with Crippen LogP contribution in [-0.4, -0.2) is 28.9 Å². The Morgan fingerprint density at radius 2 is 1.68 bits per heavy atom. The number of hydrogen-bond donors (Lipinski definition) is 2. The zero-order chi connectivity index (χ0) is 24.1. The number of nitrogens with zero attached hydrogens (tertiary/aromatic N) is 1. The molecule has 2 N–H and O–H groups in total. The van der Waals surface area contributed by atoms with Crippen molar-refractivity contribution in [2.75, 3.05) is 0 Å². The number of hydrogen-bond acceptors (Lipinski definition) is 5. The third-order valence-corrected chi connectivity index (χ3v) is 7.31. The summed E-state index contributed by atoms with van der Waals surface area (Å²) in [5.41, 5.74) is 1.95. The first-order valence-corrected chi connectivity index (χ1v) is 12.7. The van der Waals surface area contributed by atoms with E-state index in [9.17, 15) is 9.59 Å². The number of aromatic nitrogens is 1. The molecule has 6 nitrogen and oxygen atoms in total. The van der Waals surface area contributed by atoms with Crippen LogP contribution in [0.2, 0.25) is 10.0 Å². The summed E-state index contributed by atoms with van der Waals surface area (Å²) in [4.78, 5) is 30.0. The van der Waals surface area contributed by atoms with Crippen molar-refractivity contribution < 1.29 is 14.3 Å². The number of rotatable bonds is 7. The molecule has 0 spiro atoms. The fourth-order valence-electron chi connectivity index (χ4n) is 3.87. The zero-order valence-corrected chi connectivity index (χ0v) is 21.0. The predicted octanol–water partition coefficient (Wildman–Crippen LogP) is 5.81. The molecule has 1 aliphatic carbocycles. The SMILES string of the molecule is Cc1ccc(OCc2nc(C(=O)N[C@H]3CCCC[C@H]3NC(=O)c3ccc(Cl)c(Cl)c3)cs2)cc1. The van der Waals surface area contributed by atoms with Crippen LogP contribution in [0.5, 0.6) is 5.75 Å². The van der Waals surface area contributed by atoms with Crippen LogP contribution in [0.1, 0.15) is 57.1 Å². The highest BCUT2D eigenvalue weighted by Crippen LogP contribution is 2.24. The molecular weight excluding hydrogens is 493 g/mol. The number of ether oxygens (including phenoxy) is 1. The van der Waals surface area contributed by atoms with Crippen LogP contribution in [0.4, 0.5) is 0 Å². The number of nitrogens with one attached hydrogen (secondary N) is 2. The lowest BCUT2D eigenvalue weighted by molar-refractivity contribution is 0.0860. The summed E-state index contributed by atoms with van der Waals surface area (Å²) >= 11 is 13.4. The fourth-order valence-corrected chi connectivity index (χ4v) is 4.85. The molecule has 0 radical (unpaired) electrons. The molecule has 1 aliphatic rings. The Kier molecular flexibility index (Phi) is 8.08. The molecule has 2 atom stereocenters. The minimum atomic E-state index is -0.251. The van der Waals surface area contributed by atoms with E-state index >= 15 is 0 Å². The van der Waals surface area contributed by atoms with E-state index in [0.717, 1.165) is 42.0 Å². The number of benzene rings is 2. The Bertz CT molecular complexity index is 1170. The second-order valence-corrected chi connectivity index (χ2v) is 10.1. The van der Waals surface area contributed by atoms with E-state index in [4.69, 9.17) is 27.9 Å². The highest BCUT2D eigenvalue weighted by Gasteiger charge is 2.29. The van der Waals surface area contributed by atoms with E-state index in [1.54, 1.807) is 23.6 Å². The van der Waals surface area contributed by atoms with Gasteiger partial charge in [-0.3, -0.25) is 9.59 Å².